The molecule has 1 aliphatic rings. The highest BCUT2D eigenvalue weighted by molar-refractivity contribution is 5.20. The monoisotopic (exact) mass is 243 g/mol. The number of benzene rings is 1. The van der Waals surface area contributed by atoms with Crippen molar-refractivity contribution in [2.24, 2.45) is 0 Å². The van der Waals surface area contributed by atoms with E-state index in [2.05, 4.69) is 45.4 Å². The van der Waals surface area contributed by atoms with Crippen LogP contribution in [0.1, 0.15) is 36.2 Å². The van der Waals surface area contributed by atoms with Crippen molar-refractivity contribution in [2.45, 2.75) is 32.4 Å². The normalized spacial score (nSPS) is 20.4. The molecule has 2 aromatic rings. The van der Waals surface area contributed by atoms with Crippen molar-refractivity contribution in [1.29, 1.82) is 0 Å². The topological polar surface area (TPSA) is 42.2 Å². The van der Waals surface area contributed by atoms with E-state index in [4.69, 9.17) is 4.42 Å². The van der Waals surface area contributed by atoms with E-state index >= 15 is 0 Å². The minimum atomic E-state index is 0.485. The Morgan fingerprint density at radius 2 is 2.11 bits per heavy atom. The highest BCUT2D eigenvalue weighted by Gasteiger charge is 2.27. The molecular weight excluding hydrogens is 226 g/mol. The van der Waals surface area contributed by atoms with Crippen molar-refractivity contribution < 1.29 is 4.42 Å². The number of nitrogens with zero attached hydrogens (tertiary/aromatic N) is 3. The van der Waals surface area contributed by atoms with Gasteiger partial charge in [-0.15, -0.1) is 10.2 Å². The van der Waals surface area contributed by atoms with Crippen LogP contribution < -0.4 is 0 Å². The van der Waals surface area contributed by atoms with E-state index in [-0.39, 0.29) is 0 Å². The first kappa shape index (κ1) is 11.4. The van der Waals surface area contributed by atoms with Crippen LogP contribution in [0.2, 0.25) is 0 Å². The Kier molecular flexibility index (Phi) is 3.11. The van der Waals surface area contributed by atoms with Gasteiger partial charge in [-0.3, -0.25) is 4.90 Å². The molecule has 3 rings (SSSR count). The predicted molar refractivity (Wildman–Crippen MR) is 67.9 cm³/mol. The van der Waals surface area contributed by atoms with Gasteiger partial charge >= 0.3 is 0 Å². The molecule has 0 radical (unpaired) electrons. The second-order valence-electron chi connectivity index (χ2n) is 4.75. The van der Waals surface area contributed by atoms with Gasteiger partial charge in [0.25, 0.3) is 0 Å². The van der Waals surface area contributed by atoms with Gasteiger partial charge in [-0.05, 0) is 24.9 Å². The maximum Gasteiger partial charge on any atom is 0.230 e. The summed E-state index contributed by atoms with van der Waals surface area (Å²) in [4.78, 5) is 2.42. The van der Waals surface area contributed by atoms with Crippen LogP contribution in [0.4, 0.5) is 0 Å². The van der Waals surface area contributed by atoms with Crippen molar-refractivity contribution >= 4 is 0 Å². The summed E-state index contributed by atoms with van der Waals surface area (Å²) in [5.41, 5.74) is 1.38. The molecule has 1 aliphatic heterocycles. The smallest absolute Gasteiger partial charge is 0.230 e. The second-order valence-corrected chi connectivity index (χ2v) is 4.75. The van der Waals surface area contributed by atoms with E-state index in [1.165, 1.54) is 18.4 Å². The molecule has 0 spiro atoms. The molecule has 4 nitrogen and oxygen atoms in total. The molecule has 0 N–H and O–H groups in total. The van der Waals surface area contributed by atoms with Gasteiger partial charge < -0.3 is 4.42 Å². The van der Waals surface area contributed by atoms with E-state index < -0.39 is 0 Å². The Hall–Kier alpha value is -1.68. The lowest BCUT2D eigenvalue weighted by Gasteiger charge is -2.23. The van der Waals surface area contributed by atoms with Gasteiger partial charge in [-0.25, -0.2) is 0 Å². The first-order valence-corrected chi connectivity index (χ1v) is 6.41. The summed E-state index contributed by atoms with van der Waals surface area (Å²) in [6.45, 7) is 3.68. The largest absolute Gasteiger partial charge is 0.424 e. The summed E-state index contributed by atoms with van der Waals surface area (Å²) >= 11 is 0. The third-order valence-corrected chi connectivity index (χ3v) is 3.45. The molecule has 1 fully saturated rings. The molecule has 1 atom stereocenters. The molecule has 0 aliphatic carbocycles. The standard InChI is InChI=1S/C14H17N3O/c1-11-15-16-14(18-11)10-17-9-5-8-13(17)12-6-3-2-4-7-12/h2-4,6-7,13H,5,8-10H2,1H3. The summed E-state index contributed by atoms with van der Waals surface area (Å²) in [5, 5.41) is 7.96. The lowest BCUT2D eigenvalue weighted by molar-refractivity contribution is 0.222. The van der Waals surface area contributed by atoms with Crippen LogP contribution in [0.5, 0.6) is 0 Å². The first-order chi connectivity index (χ1) is 8.83. The molecule has 1 aromatic carbocycles. The van der Waals surface area contributed by atoms with Crippen LogP contribution >= 0.6 is 0 Å². The second kappa shape index (κ2) is 4.90. The molecule has 1 aromatic heterocycles. The van der Waals surface area contributed by atoms with Crippen molar-refractivity contribution in [3.05, 3.63) is 47.7 Å². The van der Waals surface area contributed by atoms with Crippen molar-refractivity contribution in [1.82, 2.24) is 15.1 Å². The van der Waals surface area contributed by atoms with E-state index in [1.54, 1.807) is 0 Å². The van der Waals surface area contributed by atoms with Gasteiger partial charge in [0, 0.05) is 13.0 Å². The fourth-order valence-electron chi connectivity index (χ4n) is 2.64. The zero-order chi connectivity index (χ0) is 12.4. The van der Waals surface area contributed by atoms with E-state index in [0.717, 1.165) is 19.0 Å². The molecule has 0 bridgehead atoms. The fourth-order valence-corrected chi connectivity index (χ4v) is 2.64. The van der Waals surface area contributed by atoms with Gasteiger partial charge in [-0.1, -0.05) is 30.3 Å². The number of likely N-dealkylation sites (tertiary alicyclic amines) is 1. The van der Waals surface area contributed by atoms with Crippen LogP contribution in [0.15, 0.2) is 34.7 Å². The Bertz CT molecular complexity index is 509. The fraction of sp³-hybridized carbons (Fsp3) is 0.429. The predicted octanol–water partition coefficient (Wildman–Crippen LogP) is 2.72. The van der Waals surface area contributed by atoms with Gasteiger partial charge in [0.1, 0.15) is 0 Å². The summed E-state index contributed by atoms with van der Waals surface area (Å²) in [5.74, 6) is 1.36. The number of aryl methyl sites for hydroxylation is 1. The highest BCUT2D eigenvalue weighted by Crippen LogP contribution is 2.32. The third-order valence-electron chi connectivity index (χ3n) is 3.45. The molecular formula is C14H17N3O. The number of hydrogen-bond donors (Lipinski definition) is 0. The summed E-state index contributed by atoms with van der Waals surface area (Å²) < 4.78 is 5.47. The zero-order valence-corrected chi connectivity index (χ0v) is 10.5. The van der Waals surface area contributed by atoms with Crippen molar-refractivity contribution in [3.63, 3.8) is 0 Å². The van der Waals surface area contributed by atoms with Gasteiger partial charge in [-0.2, -0.15) is 0 Å². The summed E-state index contributed by atoms with van der Waals surface area (Å²) in [6, 6.07) is 11.1. The molecule has 4 heteroatoms. The maximum atomic E-state index is 5.47. The number of aromatic nitrogens is 2. The molecule has 1 unspecified atom stereocenters. The van der Waals surface area contributed by atoms with E-state index in [0.29, 0.717) is 11.9 Å². The molecule has 1 saturated heterocycles. The highest BCUT2D eigenvalue weighted by atomic mass is 16.4. The van der Waals surface area contributed by atoms with Gasteiger partial charge in [0.15, 0.2) is 0 Å². The quantitative estimate of drug-likeness (QED) is 0.831. The molecule has 94 valence electrons. The SMILES string of the molecule is Cc1nnc(CN2CCCC2c2ccccc2)o1. The number of hydrogen-bond acceptors (Lipinski definition) is 4. The van der Waals surface area contributed by atoms with Crippen LogP contribution in [0.3, 0.4) is 0 Å². The molecule has 18 heavy (non-hydrogen) atoms. The van der Waals surface area contributed by atoms with E-state index in [1.807, 2.05) is 6.92 Å². The van der Waals surface area contributed by atoms with Crippen LogP contribution in [-0.2, 0) is 6.54 Å². The van der Waals surface area contributed by atoms with Crippen molar-refractivity contribution in [3.8, 4) is 0 Å². The average molecular weight is 243 g/mol. The zero-order valence-electron chi connectivity index (χ0n) is 10.5. The summed E-state index contributed by atoms with van der Waals surface area (Å²) in [7, 11) is 0. The first-order valence-electron chi connectivity index (χ1n) is 6.41. The van der Waals surface area contributed by atoms with Crippen molar-refractivity contribution in [2.75, 3.05) is 6.54 Å². The Balaban J connectivity index is 1.75. The van der Waals surface area contributed by atoms with Crippen LogP contribution in [0, 0.1) is 6.92 Å². The lowest BCUT2D eigenvalue weighted by atomic mass is 10.0. The third kappa shape index (κ3) is 2.29. The summed E-state index contributed by atoms with van der Waals surface area (Å²) in [6.07, 6.45) is 2.43. The molecule has 0 amide bonds. The maximum absolute atomic E-state index is 5.47. The Morgan fingerprint density at radius 1 is 1.28 bits per heavy atom. The van der Waals surface area contributed by atoms with Crippen LogP contribution in [-0.4, -0.2) is 21.6 Å². The average Bonchev–Trinajstić information content (AvgIpc) is 3.00. The molecule has 2 heterocycles. The minimum Gasteiger partial charge on any atom is -0.424 e. The Labute approximate surface area is 107 Å². The van der Waals surface area contributed by atoms with Gasteiger partial charge in [0.2, 0.25) is 11.8 Å². The van der Waals surface area contributed by atoms with Crippen LogP contribution in [0.25, 0.3) is 0 Å². The lowest BCUT2D eigenvalue weighted by Crippen LogP contribution is -2.22. The number of rotatable bonds is 3. The Morgan fingerprint density at radius 3 is 2.83 bits per heavy atom. The van der Waals surface area contributed by atoms with Gasteiger partial charge in [0.05, 0.1) is 6.54 Å². The minimum absolute atomic E-state index is 0.485. The van der Waals surface area contributed by atoms with E-state index in [9.17, 15) is 0 Å². The molecule has 0 saturated carbocycles.